The Morgan fingerprint density at radius 1 is 1.20 bits per heavy atom. The summed E-state index contributed by atoms with van der Waals surface area (Å²) in [6.45, 7) is 9.57. The lowest BCUT2D eigenvalue weighted by molar-refractivity contribution is 0.111. The van der Waals surface area contributed by atoms with Crippen LogP contribution in [0.15, 0.2) is 24.8 Å². The van der Waals surface area contributed by atoms with E-state index < -0.39 is 0 Å². The molecule has 0 unspecified atom stereocenters. The summed E-state index contributed by atoms with van der Waals surface area (Å²) in [5.74, 6) is 0.696. The lowest BCUT2D eigenvalue weighted by atomic mass is 10.1. The summed E-state index contributed by atoms with van der Waals surface area (Å²) in [7, 11) is 0. The van der Waals surface area contributed by atoms with E-state index in [9.17, 15) is 4.79 Å². The van der Waals surface area contributed by atoms with Crippen LogP contribution in [0.5, 0.6) is 5.75 Å². The topological polar surface area (TPSA) is 26.3 Å². The molecule has 1 aromatic rings. The molecular formula is C13H16O2. The van der Waals surface area contributed by atoms with Crippen molar-refractivity contribution in [3.63, 3.8) is 0 Å². The van der Waals surface area contributed by atoms with Gasteiger partial charge in [0.25, 0.3) is 0 Å². The highest BCUT2D eigenvalue weighted by Gasteiger charge is 2.12. The number of carbonyl (C=O) groups excluding carboxylic acids is 1. The molecule has 0 aromatic heterocycles. The summed E-state index contributed by atoms with van der Waals surface area (Å²) in [4.78, 5) is 10.7. The fourth-order valence-electron chi connectivity index (χ4n) is 1.24. The molecule has 0 atom stereocenters. The summed E-state index contributed by atoms with van der Waals surface area (Å²) < 4.78 is 5.68. The molecule has 0 aliphatic carbocycles. The Hall–Kier alpha value is -1.57. The lowest BCUT2D eigenvalue weighted by Crippen LogP contribution is -2.23. The van der Waals surface area contributed by atoms with Crippen molar-refractivity contribution in [3.8, 4) is 5.75 Å². The van der Waals surface area contributed by atoms with E-state index in [-0.39, 0.29) is 5.60 Å². The van der Waals surface area contributed by atoms with E-state index in [1.165, 1.54) is 0 Å². The van der Waals surface area contributed by atoms with E-state index in [2.05, 4.69) is 6.58 Å². The maximum absolute atomic E-state index is 10.7. The number of carbonyl (C=O) groups is 1. The molecule has 0 radical (unpaired) electrons. The van der Waals surface area contributed by atoms with Gasteiger partial charge in [0, 0.05) is 5.56 Å². The van der Waals surface area contributed by atoms with Crippen LogP contribution in [0.4, 0.5) is 0 Å². The molecule has 0 bridgehead atoms. The summed E-state index contributed by atoms with van der Waals surface area (Å²) in [6.07, 6.45) is 2.50. The van der Waals surface area contributed by atoms with Gasteiger partial charge in [-0.2, -0.15) is 0 Å². The Labute approximate surface area is 90.6 Å². The van der Waals surface area contributed by atoms with Gasteiger partial charge in [-0.3, -0.25) is 4.79 Å². The van der Waals surface area contributed by atoms with Gasteiger partial charge in [0.2, 0.25) is 0 Å². The predicted octanol–water partition coefficient (Wildman–Crippen LogP) is 3.32. The van der Waals surface area contributed by atoms with Gasteiger partial charge >= 0.3 is 0 Å². The van der Waals surface area contributed by atoms with Crippen molar-refractivity contribution in [2.24, 2.45) is 0 Å². The van der Waals surface area contributed by atoms with Crippen LogP contribution in [0.25, 0.3) is 6.08 Å². The summed E-state index contributed by atoms with van der Waals surface area (Å²) in [5, 5.41) is 0. The van der Waals surface area contributed by atoms with Gasteiger partial charge in [-0.15, -0.1) is 0 Å². The molecule has 0 saturated carbocycles. The first-order valence-corrected chi connectivity index (χ1v) is 4.86. The second-order valence-electron chi connectivity index (χ2n) is 4.37. The third kappa shape index (κ3) is 3.58. The minimum absolute atomic E-state index is 0.264. The fourth-order valence-corrected chi connectivity index (χ4v) is 1.24. The summed E-state index contributed by atoms with van der Waals surface area (Å²) >= 11 is 0. The van der Waals surface area contributed by atoms with Crippen LogP contribution in [0.2, 0.25) is 0 Å². The van der Waals surface area contributed by atoms with Crippen LogP contribution >= 0.6 is 0 Å². The SMILES string of the molecule is C=Cc1cc(C=O)cc(OC(C)(C)C)c1. The zero-order valence-electron chi connectivity index (χ0n) is 9.41. The number of hydrogen-bond donors (Lipinski definition) is 0. The van der Waals surface area contributed by atoms with Gasteiger partial charge in [0.05, 0.1) is 0 Å². The quantitative estimate of drug-likeness (QED) is 0.706. The lowest BCUT2D eigenvalue weighted by Gasteiger charge is -2.21. The van der Waals surface area contributed by atoms with E-state index in [0.717, 1.165) is 11.8 Å². The van der Waals surface area contributed by atoms with Crippen LogP contribution in [-0.2, 0) is 0 Å². The highest BCUT2D eigenvalue weighted by Crippen LogP contribution is 2.21. The van der Waals surface area contributed by atoms with Gasteiger partial charge < -0.3 is 4.74 Å². The summed E-state index contributed by atoms with van der Waals surface area (Å²) in [6, 6.07) is 5.37. The van der Waals surface area contributed by atoms with Crippen molar-refractivity contribution in [2.75, 3.05) is 0 Å². The predicted molar refractivity (Wildman–Crippen MR) is 62.3 cm³/mol. The first kappa shape index (κ1) is 11.5. The Kier molecular flexibility index (Phi) is 3.30. The molecule has 0 aliphatic heterocycles. The van der Waals surface area contributed by atoms with E-state index in [1.807, 2.05) is 26.8 Å². The van der Waals surface area contributed by atoms with E-state index >= 15 is 0 Å². The minimum atomic E-state index is -0.264. The average Bonchev–Trinajstić information content (AvgIpc) is 2.14. The van der Waals surface area contributed by atoms with Crippen LogP contribution in [0.3, 0.4) is 0 Å². The average molecular weight is 204 g/mol. The van der Waals surface area contributed by atoms with E-state index in [4.69, 9.17) is 4.74 Å². The molecule has 1 aromatic carbocycles. The van der Waals surface area contributed by atoms with Crippen LogP contribution < -0.4 is 4.74 Å². The maximum atomic E-state index is 10.7. The van der Waals surface area contributed by atoms with Crippen LogP contribution in [0, 0.1) is 0 Å². The molecule has 0 N–H and O–H groups in total. The number of benzene rings is 1. The zero-order chi connectivity index (χ0) is 11.5. The van der Waals surface area contributed by atoms with Gasteiger partial charge in [0.1, 0.15) is 17.6 Å². The second-order valence-corrected chi connectivity index (χ2v) is 4.37. The van der Waals surface area contributed by atoms with Gasteiger partial charge in [-0.25, -0.2) is 0 Å². The third-order valence-electron chi connectivity index (χ3n) is 1.75. The largest absolute Gasteiger partial charge is 0.488 e. The fraction of sp³-hybridized carbons (Fsp3) is 0.308. The van der Waals surface area contributed by atoms with E-state index in [1.54, 1.807) is 18.2 Å². The van der Waals surface area contributed by atoms with Gasteiger partial charge in [-0.1, -0.05) is 12.7 Å². The van der Waals surface area contributed by atoms with Crippen molar-refractivity contribution in [1.29, 1.82) is 0 Å². The molecule has 0 heterocycles. The first-order valence-electron chi connectivity index (χ1n) is 4.86. The molecule has 0 amide bonds. The maximum Gasteiger partial charge on any atom is 0.150 e. The molecule has 1 rings (SSSR count). The standard InChI is InChI=1S/C13H16O2/c1-5-10-6-11(9-14)8-12(7-10)15-13(2,3)4/h5-9H,1H2,2-4H3. The minimum Gasteiger partial charge on any atom is -0.488 e. The van der Waals surface area contributed by atoms with Gasteiger partial charge in [0.15, 0.2) is 0 Å². The molecule has 0 fully saturated rings. The van der Waals surface area contributed by atoms with Crippen molar-refractivity contribution in [1.82, 2.24) is 0 Å². The highest BCUT2D eigenvalue weighted by atomic mass is 16.5. The number of ether oxygens (including phenoxy) is 1. The Bertz CT molecular complexity index is 346. The monoisotopic (exact) mass is 204 g/mol. The molecule has 2 heteroatoms. The number of hydrogen-bond acceptors (Lipinski definition) is 2. The Morgan fingerprint density at radius 3 is 2.27 bits per heavy atom. The molecule has 0 spiro atoms. The highest BCUT2D eigenvalue weighted by molar-refractivity contribution is 5.77. The number of rotatable bonds is 3. The van der Waals surface area contributed by atoms with E-state index in [0.29, 0.717) is 11.3 Å². The van der Waals surface area contributed by atoms with Crippen molar-refractivity contribution >= 4 is 12.4 Å². The third-order valence-corrected chi connectivity index (χ3v) is 1.75. The van der Waals surface area contributed by atoms with Crippen molar-refractivity contribution in [2.45, 2.75) is 26.4 Å². The van der Waals surface area contributed by atoms with Crippen LogP contribution in [-0.4, -0.2) is 11.9 Å². The zero-order valence-corrected chi connectivity index (χ0v) is 9.41. The Balaban J connectivity index is 3.07. The summed E-state index contributed by atoms with van der Waals surface area (Å²) in [5.41, 5.74) is 1.23. The smallest absolute Gasteiger partial charge is 0.150 e. The van der Waals surface area contributed by atoms with Gasteiger partial charge in [-0.05, 0) is 44.5 Å². The second kappa shape index (κ2) is 4.30. The first-order chi connectivity index (χ1) is 6.94. The molecule has 0 saturated heterocycles. The van der Waals surface area contributed by atoms with Crippen molar-refractivity contribution in [3.05, 3.63) is 35.9 Å². The molecule has 80 valence electrons. The number of aldehydes is 1. The molecule has 15 heavy (non-hydrogen) atoms. The normalized spacial score (nSPS) is 10.9. The van der Waals surface area contributed by atoms with Crippen molar-refractivity contribution < 1.29 is 9.53 Å². The molecule has 0 aliphatic rings. The van der Waals surface area contributed by atoms with Crippen LogP contribution in [0.1, 0.15) is 36.7 Å². The molecular weight excluding hydrogens is 188 g/mol. The molecule has 2 nitrogen and oxygen atoms in total. The Morgan fingerprint density at radius 2 is 1.80 bits per heavy atom.